The zero-order valence-corrected chi connectivity index (χ0v) is 13.0. The van der Waals surface area contributed by atoms with Gasteiger partial charge in [-0.15, -0.1) is 0 Å². The van der Waals surface area contributed by atoms with E-state index in [1.54, 1.807) is 6.33 Å². The topological polar surface area (TPSA) is 69.7 Å². The lowest BCUT2D eigenvalue weighted by molar-refractivity contribution is 0.188. The van der Waals surface area contributed by atoms with E-state index in [0.717, 1.165) is 49.9 Å². The third-order valence-corrected chi connectivity index (χ3v) is 4.80. The van der Waals surface area contributed by atoms with Crippen LogP contribution in [-0.2, 0) is 6.42 Å². The minimum atomic E-state index is 0.0158. The maximum atomic E-state index is 12.3. The van der Waals surface area contributed by atoms with Crippen molar-refractivity contribution in [2.45, 2.75) is 25.3 Å². The van der Waals surface area contributed by atoms with Gasteiger partial charge in [-0.2, -0.15) is 0 Å². The average molecular weight is 311 g/mol. The number of fused-ring (bicyclic) bond motifs is 1. The third kappa shape index (κ3) is 2.82. The van der Waals surface area contributed by atoms with Crippen molar-refractivity contribution in [2.75, 3.05) is 19.6 Å². The molecule has 4 rings (SSSR count). The Bertz CT molecular complexity index is 824. The van der Waals surface area contributed by atoms with Gasteiger partial charge in [-0.1, -0.05) is 12.1 Å². The van der Waals surface area contributed by atoms with Crippen LogP contribution < -0.4 is 5.69 Å². The first kappa shape index (κ1) is 14.3. The minimum absolute atomic E-state index is 0.0158. The molecule has 0 spiro atoms. The van der Waals surface area contributed by atoms with Crippen LogP contribution in [-0.4, -0.2) is 44.1 Å². The number of aromatic nitrogens is 4. The van der Waals surface area contributed by atoms with Crippen molar-refractivity contribution in [1.29, 1.82) is 0 Å². The Hall–Kier alpha value is -2.34. The monoisotopic (exact) mass is 311 g/mol. The molecule has 1 aromatic carbocycles. The SMILES string of the molecule is O=c1[nH]c2ccccc2n1C1CCN(CCc2cnc[nH]2)CC1. The summed E-state index contributed by atoms with van der Waals surface area (Å²) in [5.74, 6) is 0. The predicted molar refractivity (Wildman–Crippen MR) is 89.6 cm³/mol. The van der Waals surface area contributed by atoms with Gasteiger partial charge in [0, 0.05) is 44.0 Å². The molecular weight excluding hydrogens is 290 g/mol. The molecule has 3 aromatic rings. The van der Waals surface area contributed by atoms with Crippen LogP contribution >= 0.6 is 0 Å². The Morgan fingerprint density at radius 3 is 2.83 bits per heavy atom. The fourth-order valence-corrected chi connectivity index (χ4v) is 3.54. The number of piperidine rings is 1. The maximum Gasteiger partial charge on any atom is 0.326 e. The summed E-state index contributed by atoms with van der Waals surface area (Å²) in [5, 5.41) is 0. The first-order valence-corrected chi connectivity index (χ1v) is 8.20. The first-order chi connectivity index (χ1) is 11.3. The molecule has 6 nitrogen and oxygen atoms in total. The van der Waals surface area contributed by atoms with E-state index in [4.69, 9.17) is 0 Å². The molecule has 1 aliphatic rings. The van der Waals surface area contributed by atoms with Gasteiger partial charge >= 0.3 is 5.69 Å². The number of likely N-dealkylation sites (tertiary alicyclic amines) is 1. The van der Waals surface area contributed by atoms with E-state index in [2.05, 4.69) is 19.9 Å². The first-order valence-electron chi connectivity index (χ1n) is 8.20. The molecule has 0 aliphatic carbocycles. The molecule has 0 radical (unpaired) electrons. The molecule has 3 heterocycles. The molecule has 0 unspecified atom stereocenters. The zero-order valence-electron chi connectivity index (χ0n) is 13.0. The van der Waals surface area contributed by atoms with Crippen LogP contribution in [0.15, 0.2) is 41.6 Å². The lowest BCUT2D eigenvalue weighted by atomic mass is 10.0. The Morgan fingerprint density at radius 1 is 1.22 bits per heavy atom. The van der Waals surface area contributed by atoms with Crippen LogP contribution in [0.2, 0.25) is 0 Å². The van der Waals surface area contributed by atoms with Crippen LogP contribution in [0.25, 0.3) is 11.0 Å². The highest BCUT2D eigenvalue weighted by atomic mass is 16.1. The summed E-state index contributed by atoms with van der Waals surface area (Å²) in [7, 11) is 0. The summed E-state index contributed by atoms with van der Waals surface area (Å²) >= 11 is 0. The lowest BCUT2D eigenvalue weighted by Crippen LogP contribution is -2.38. The van der Waals surface area contributed by atoms with Crippen LogP contribution in [0.4, 0.5) is 0 Å². The number of nitrogens with zero attached hydrogens (tertiary/aromatic N) is 3. The summed E-state index contributed by atoms with van der Waals surface area (Å²) in [6.45, 7) is 3.10. The van der Waals surface area contributed by atoms with Crippen LogP contribution in [0, 0.1) is 0 Å². The molecule has 1 saturated heterocycles. The van der Waals surface area contributed by atoms with Gasteiger partial charge in [0.1, 0.15) is 0 Å². The van der Waals surface area contributed by atoms with Crippen molar-refractivity contribution in [2.24, 2.45) is 0 Å². The van der Waals surface area contributed by atoms with Crippen molar-refractivity contribution in [1.82, 2.24) is 24.4 Å². The highest BCUT2D eigenvalue weighted by Gasteiger charge is 2.23. The van der Waals surface area contributed by atoms with E-state index >= 15 is 0 Å². The van der Waals surface area contributed by atoms with E-state index in [1.807, 2.05) is 35.0 Å². The summed E-state index contributed by atoms with van der Waals surface area (Å²) in [6.07, 6.45) is 6.65. The second kappa shape index (κ2) is 6.04. The summed E-state index contributed by atoms with van der Waals surface area (Å²) < 4.78 is 1.95. The third-order valence-electron chi connectivity index (χ3n) is 4.80. The second-order valence-corrected chi connectivity index (χ2v) is 6.22. The van der Waals surface area contributed by atoms with Gasteiger partial charge in [0.05, 0.1) is 17.4 Å². The number of nitrogens with one attached hydrogen (secondary N) is 2. The molecule has 1 fully saturated rings. The fourth-order valence-electron chi connectivity index (χ4n) is 3.54. The number of para-hydroxylation sites is 2. The van der Waals surface area contributed by atoms with Crippen molar-refractivity contribution in [3.8, 4) is 0 Å². The molecule has 2 aromatic heterocycles. The van der Waals surface area contributed by atoms with E-state index in [9.17, 15) is 4.79 Å². The number of H-pyrrole nitrogens is 2. The number of benzene rings is 1. The van der Waals surface area contributed by atoms with E-state index in [0.29, 0.717) is 6.04 Å². The molecule has 23 heavy (non-hydrogen) atoms. The molecule has 120 valence electrons. The molecule has 0 bridgehead atoms. The van der Waals surface area contributed by atoms with Gasteiger partial charge in [-0.3, -0.25) is 4.57 Å². The van der Waals surface area contributed by atoms with Crippen molar-refractivity contribution < 1.29 is 0 Å². The Kier molecular flexibility index (Phi) is 3.75. The van der Waals surface area contributed by atoms with Gasteiger partial charge in [0.2, 0.25) is 0 Å². The summed E-state index contributed by atoms with van der Waals surface area (Å²) in [5.41, 5.74) is 3.15. The zero-order chi connectivity index (χ0) is 15.6. The van der Waals surface area contributed by atoms with E-state index in [-0.39, 0.29) is 5.69 Å². The van der Waals surface area contributed by atoms with Crippen LogP contribution in [0.5, 0.6) is 0 Å². The number of hydrogen-bond acceptors (Lipinski definition) is 3. The summed E-state index contributed by atoms with van der Waals surface area (Å²) in [4.78, 5) is 24.9. The molecule has 0 amide bonds. The molecule has 6 heteroatoms. The molecule has 2 N–H and O–H groups in total. The smallest absolute Gasteiger partial charge is 0.326 e. The quantitative estimate of drug-likeness (QED) is 0.773. The highest BCUT2D eigenvalue weighted by Crippen LogP contribution is 2.24. The Morgan fingerprint density at radius 2 is 2.04 bits per heavy atom. The Labute approximate surface area is 134 Å². The van der Waals surface area contributed by atoms with Gasteiger partial charge in [0.25, 0.3) is 0 Å². The Balaban J connectivity index is 1.42. The lowest BCUT2D eigenvalue weighted by Gasteiger charge is -2.32. The average Bonchev–Trinajstić information content (AvgIpc) is 3.20. The van der Waals surface area contributed by atoms with Crippen molar-refractivity contribution >= 4 is 11.0 Å². The van der Waals surface area contributed by atoms with E-state index in [1.165, 1.54) is 5.69 Å². The predicted octanol–water partition coefficient (Wildman–Crippen LogP) is 1.93. The molecule has 0 saturated carbocycles. The normalized spacial score (nSPS) is 17.0. The molecular formula is C17H21N5O. The van der Waals surface area contributed by atoms with Gasteiger partial charge in [0.15, 0.2) is 0 Å². The van der Waals surface area contributed by atoms with Gasteiger partial charge in [-0.05, 0) is 25.0 Å². The van der Waals surface area contributed by atoms with Gasteiger partial charge < -0.3 is 14.9 Å². The van der Waals surface area contributed by atoms with E-state index < -0.39 is 0 Å². The second-order valence-electron chi connectivity index (χ2n) is 6.22. The number of imidazole rings is 2. The largest absolute Gasteiger partial charge is 0.348 e. The van der Waals surface area contributed by atoms with Crippen LogP contribution in [0.3, 0.4) is 0 Å². The standard InChI is InChI=1S/C17H21N5O/c23-17-20-15-3-1-2-4-16(15)22(17)14-6-9-21(10-7-14)8-5-13-11-18-12-19-13/h1-4,11-12,14H,5-10H2,(H,18,19)(H,20,23). The maximum absolute atomic E-state index is 12.3. The number of hydrogen-bond donors (Lipinski definition) is 2. The van der Waals surface area contributed by atoms with Gasteiger partial charge in [-0.25, -0.2) is 9.78 Å². The molecule has 0 atom stereocenters. The highest BCUT2D eigenvalue weighted by molar-refractivity contribution is 5.75. The summed E-state index contributed by atoms with van der Waals surface area (Å²) in [6, 6.07) is 8.23. The van der Waals surface area contributed by atoms with Crippen molar-refractivity contribution in [3.05, 3.63) is 53.0 Å². The fraction of sp³-hybridized carbons (Fsp3) is 0.412. The van der Waals surface area contributed by atoms with Crippen LogP contribution in [0.1, 0.15) is 24.6 Å². The number of aromatic amines is 2. The number of rotatable bonds is 4. The molecule has 1 aliphatic heterocycles. The van der Waals surface area contributed by atoms with Crippen molar-refractivity contribution in [3.63, 3.8) is 0 Å². The minimum Gasteiger partial charge on any atom is -0.348 e.